The normalized spacial score (nSPS) is 38.1. The van der Waals surface area contributed by atoms with Gasteiger partial charge in [0.15, 0.2) is 0 Å². The van der Waals surface area contributed by atoms with Crippen LogP contribution in [-0.2, 0) is 52.7 Å². The van der Waals surface area contributed by atoms with Gasteiger partial charge in [-0.1, -0.05) is 0 Å². The summed E-state index contributed by atoms with van der Waals surface area (Å²) in [6.45, 7) is -2.20. The molecule has 2 unspecified atom stereocenters. The summed E-state index contributed by atoms with van der Waals surface area (Å²) in [5.74, 6) is -0.676. The van der Waals surface area contributed by atoms with Gasteiger partial charge in [-0.3, -0.25) is 19.1 Å². The Morgan fingerprint density at radius 3 is 2.48 bits per heavy atom. The van der Waals surface area contributed by atoms with Crippen molar-refractivity contribution in [3.63, 3.8) is 0 Å². The molecule has 174 valence electrons. The molecule has 2 aliphatic heterocycles. The predicted octanol–water partition coefficient (Wildman–Crippen LogP) is 0.570. The second kappa shape index (κ2) is 8.73. The molecule has 0 aliphatic carbocycles. The molecule has 1 aromatic heterocycles. The van der Waals surface area contributed by atoms with Crippen molar-refractivity contribution in [2.45, 2.75) is 38.7 Å². The molecule has 5 atom stereocenters. The molecule has 0 amide bonds. The first-order valence-corrected chi connectivity index (χ1v) is 13.9. The maximum atomic E-state index is 12.1. The number of aromatic amines is 1. The average Bonchev–Trinajstić information content (AvgIpc) is 2.95. The van der Waals surface area contributed by atoms with Crippen LogP contribution in [0.3, 0.4) is 0 Å². The third-order valence-corrected chi connectivity index (χ3v) is 10.8. The number of nitrogens with one attached hydrogen (secondary N) is 1. The molecule has 3 rings (SSSR count). The molecule has 2 fully saturated rings. The van der Waals surface area contributed by atoms with Gasteiger partial charge in [-0.2, -0.15) is 4.31 Å². The van der Waals surface area contributed by atoms with Gasteiger partial charge in [-0.05, 0) is 18.7 Å². The van der Waals surface area contributed by atoms with Crippen LogP contribution in [-0.4, -0.2) is 44.1 Å². The Morgan fingerprint density at radius 2 is 1.90 bits per heavy atom. The van der Waals surface area contributed by atoms with Crippen LogP contribution in [0, 0.1) is 6.92 Å². The molecule has 3 N–H and O–H groups in total. The zero-order chi connectivity index (χ0) is 23.2. The van der Waals surface area contributed by atoms with Crippen molar-refractivity contribution in [1.29, 1.82) is 0 Å². The highest BCUT2D eigenvalue weighted by atomic mass is 32.5. The number of H-pyrrole nitrogens is 1. The van der Waals surface area contributed by atoms with E-state index in [0.717, 1.165) is 11.5 Å². The van der Waals surface area contributed by atoms with Crippen molar-refractivity contribution in [2.24, 2.45) is 0 Å². The van der Waals surface area contributed by atoms with Crippen LogP contribution in [0.25, 0.3) is 0 Å². The quantitative estimate of drug-likeness (QED) is 0.358. The Hall–Kier alpha value is -1.02. The average molecular weight is 522 g/mol. The molecule has 19 heteroatoms. The molecular formula is C12H17N2O13P3S. The summed E-state index contributed by atoms with van der Waals surface area (Å²) in [5.41, 5.74) is -1.12. The van der Waals surface area contributed by atoms with Crippen LogP contribution in [0.2, 0.25) is 0 Å². The summed E-state index contributed by atoms with van der Waals surface area (Å²) in [7, 11) is -10.1. The smallest absolute Gasteiger partial charge is 0.460 e. The Kier molecular flexibility index (Phi) is 6.93. The highest BCUT2D eigenvalue weighted by molar-refractivity contribution is 8.11. The summed E-state index contributed by atoms with van der Waals surface area (Å²) >= 11 is 4.83. The van der Waals surface area contributed by atoms with Crippen LogP contribution in [0.4, 0.5) is 0 Å². The summed E-state index contributed by atoms with van der Waals surface area (Å²) in [6, 6.07) is 0. The second-order valence-corrected chi connectivity index (χ2v) is 12.7. The van der Waals surface area contributed by atoms with E-state index < -0.39 is 64.6 Å². The molecular weight excluding hydrogens is 505 g/mol. The van der Waals surface area contributed by atoms with E-state index in [9.17, 15) is 33.3 Å². The lowest BCUT2D eigenvalue weighted by Crippen LogP contribution is -2.33. The molecule has 2 aliphatic rings. The lowest BCUT2D eigenvalue weighted by Gasteiger charge is -2.30. The Balaban J connectivity index is 1.80. The SMILES string of the molecule is CC(=O)O[C@H]1C[C@H](n2cc(C)c(=O)[nH]c2=O)O[C@@H]1COP1(=S)OP(=O)(O)OP(=O)(O)O1. The van der Waals surface area contributed by atoms with Gasteiger partial charge < -0.3 is 23.8 Å². The highest BCUT2D eigenvalue weighted by Crippen LogP contribution is 2.80. The molecule has 0 bridgehead atoms. The van der Waals surface area contributed by atoms with Gasteiger partial charge >= 0.3 is 34.0 Å². The van der Waals surface area contributed by atoms with Gasteiger partial charge in [0.25, 0.3) is 5.56 Å². The molecule has 15 nitrogen and oxygen atoms in total. The number of phosphoric acid groups is 2. The van der Waals surface area contributed by atoms with Crippen LogP contribution in [0.15, 0.2) is 15.8 Å². The van der Waals surface area contributed by atoms with Gasteiger partial charge in [0.2, 0.25) is 0 Å². The number of nitrogens with zero attached hydrogens (tertiary/aromatic N) is 1. The fourth-order valence-corrected chi connectivity index (χ4v) is 9.43. The fourth-order valence-electron chi connectivity index (χ4n) is 2.80. The number of rotatable bonds is 5. The van der Waals surface area contributed by atoms with E-state index in [1.807, 2.05) is 0 Å². The van der Waals surface area contributed by atoms with E-state index in [4.69, 9.17) is 25.8 Å². The van der Waals surface area contributed by atoms with E-state index in [2.05, 4.69) is 17.9 Å². The lowest BCUT2D eigenvalue weighted by molar-refractivity contribution is -0.150. The third-order valence-electron chi connectivity index (χ3n) is 3.96. The van der Waals surface area contributed by atoms with E-state index in [0.29, 0.717) is 0 Å². The van der Waals surface area contributed by atoms with E-state index in [1.165, 1.54) is 13.1 Å². The van der Waals surface area contributed by atoms with Crippen molar-refractivity contribution >= 4 is 40.1 Å². The Morgan fingerprint density at radius 1 is 1.29 bits per heavy atom. The number of hydrogen-bond acceptors (Lipinski definition) is 12. The topological polar surface area (TPSA) is 202 Å². The number of carbonyl (C=O) groups excluding carboxylic acids is 1. The van der Waals surface area contributed by atoms with Gasteiger partial charge in [0, 0.05) is 25.1 Å². The summed E-state index contributed by atoms with van der Waals surface area (Å²) in [6.07, 6.45) is -1.80. The molecule has 2 saturated heterocycles. The van der Waals surface area contributed by atoms with Crippen LogP contribution < -0.4 is 11.2 Å². The standard InChI is InChI=1S/C12H17N2O13P3S/c1-6-4-14(12(17)13-11(6)16)10-3-8(23-7(2)15)9(24-10)5-22-30(31)26-28(18,19)25-29(20,21)27-30/h4,8-10H,3,5H2,1-2H3,(H,18,19)(H,20,21)(H,13,16,17)/t8-,9+,10+/m0/s1. The molecule has 0 spiro atoms. The van der Waals surface area contributed by atoms with Gasteiger partial charge in [0.1, 0.15) is 18.4 Å². The van der Waals surface area contributed by atoms with E-state index >= 15 is 0 Å². The van der Waals surface area contributed by atoms with Gasteiger partial charge in [-0.15, -0.1) is 0 Å². The van der Waals surface area contributed by atoms with Crippen molar-refractivity contribution < 1.29 is 50.6 Å². The zero-order valence-corrected chi connectivity index (χ0v) is 19.3. The first-order valence-electron chi connectivity index (χ1n) is 8.37. The van der Waals surface area contributed by atoms with Crippen molar-refractivity contribution in [3.05, 3.63) is 32.6 Å². The minimum Gasteiger partial charge on any atom is -0.460 e. The minimum absolute atomic E-state index is 0.0241. The molecule has 31 heavy (non-hydrogen) atoms. The zero-order valence-electron chi connectivity index (χ0n) is 15.8. The van der Waals surface area contributed by atoms with Crippen LogP contribution in [0.5, 0.6) is 0 Å². The van der Waals surface area contributed by atoms with Crippen LogP contribution in [0.1, 0.15) is 25.1 Å². The third kappa shape index (κ3) is 6.06. The number of ether oxygens (including phenoxy) is 2. The van der Waals surface area contributed by atoms with Crippen LogP contribution >= 0.6 is 22.4 Å². The maximum Gasteiger partial charge on any atom is 0.488 e. The van der Waals surface area contributed by atoms with Crippen molar-refractivity contribution in [2.75, 3.05) is 6.61 Å². The second-order valence-electron chi connectivity index (χ2n) is 6.42. The van der Waals surface area contributed by atoms with Gasteiger partial charge in [-0.25, -0.2) is 22.5 Å². The molecule has 0 saturated carbocycles. The Labute approximate surface area is 178 Å². The highest BCUT2D eigenvalue weighted by Gasteiger charge is 2.52. The number of aryl methyl sites for hydroxylation is 1. The maximum absolute atomic E-state index is 12.1. The van der Waals surface area contributed by atoms with E-state index in [-0.39, 0.29) is 12.0 Å². The number of hydrogen-bond donors (Lipinski definition) is 3. The van der Waals surface area contributed by atoms with Gasteiger partial charge in [0.05, 0.1) is 6.61 Å². The number of carbonyl (C=O) groups is 1. The first-order chi connectivity index (χ1) is 14.2. The predicted molar refractivity (Wildman–Crippen MR) is 103 cm³/mol. The van der Waals surface area contributed by atoms with Crippen molar-refractivity contribution in [3.8, 4) is 0 Å². The molecule has 3 heterocycles. The largest absolute Gasteiger partial charge is 0.488 e. The number of esters is 1. The molecule has 0 radical (unpaired) electrons. The minimum atomic E-state index is -5.03. The fraction of sp³-hybridized carbons (Fsp3) is 0.583. The number of aromatic nitrogens is 2. The first kappa shape index (κ1) is 24.6. The molecule has 1 aromatic rings. The van der Waals surface area contributed by atoms with Crippen molar-refractivity contribution in [1.82, 2.24) is 9.55 Å². The molecule has 0 aromatic carbocycles. The summed E-state index contributed by atoms with van der Waals surface area (Å²) < 4.78 is 53.3. The lowest BCUT2D eigenvalue weighted by atomic mass is 10.2. The Bertz CT molecular complexity index is 1120. The van der Waals surface area contributed by atoms with E-state index in [1.54, 1.807) is 0 Å². The monoisotopic (exact) mass is 522 g/mol. The summed E-state index contributed by atoms with van der Waals surface area (Å²) in [5, 5.41) is 0. The summed E-state index contributed by atoms with van der Waals surface area (Å²) in [4.78, 5) is 56.0.